The summed E-state index contributed by atoms with van der Waals surface area (Å²) in [4.78, 5) is 17.7. The number of carbonyl (C=O) groups excluding carboxylic acids is 1. The number of carbonyl (C=O) groups is 1. The third kappa shape index (κ3) is 4.91. The second kappa shape index (κ2) is 8.74. The van der Waals surface area contributed by atoms with E-state index in [4.69, 9.17) is 0 Å². The first kappa shape index (κ1) is 18.9. The van der Waals surface area contributed by atoms with Crippen LogP contribution in [-0.2, 0) is 17.8 Å². The van der Waals surface area contributed by atoms with Gasteiger partial charge in [0.15, 0.2) is 0 Å². The van der Waals surface area contributed by atoms with Crippen LogP contribution < -0.4 is 5.32 Å². The number of hydrogen-bond acceptors (Lipinski definition) is 3. The number of amides is 1. The minimum absolute atomic E-state index is 0.216. The molecular weight excluding hydrogens is 334 g/mol. The first-order valence-electron chi connectivity index (χ1n) is 11.1. The van der Waals surface area contributed by atoms with Crippen LogP contribution in [0.25, 0.3) is 0 Å². The molecule has 4 heteroatoms. The number of benzene rings is 1. The van der Waals surface area contributed by atoms with Gasteiger partial charge < -0.3 is 5.32 Å². The molecule has 1 atom stereocenters. The predicted molar refractivity (Wildman–Crippen MR) is 110 cm³/mol. The van der Waals surface area contributed by atoms with Gasteiger partial charge >= 0.3 is 0 Å². The van der Waals surface area contributed by atoms with Crippen molar-refractivity contribution in [1.82, 2.24) is 15.1 Å². The zero-order chi connectivity index (χ0) is 18.6. The zero-order valence-electron chi connectivity index (χ0n) is 16.8. The Morgan fingerprint density at radius 3 is 2.48 bits per heavy atom. The van der Waals surface area contributed by atoms with Gasteiger partial charge in [0.05, 0.1) is 5.92 Å². The summed E-state index contributed by atoms with van der Waals surface area (Å²) in [5, 5.41) is 3.22. The molecule has 1 aromatic rings. The Bertz CT molecular complexity index is 634. The van der Waals surface area contributed by atoms with E-state index in [1.165, 1.54) is 62.9 Å². The Morgan fingerprint density at radius 2 is 1.78 bits per heavy atom. The molecule has 0 bridgehead atoms. The van der Waals surface area contributed by atoms with E-state index in [0.717, 1.165) is 25.9 Å². The van der Waals surface area contributed by atoms with Crippen molar-refractivity contribution in [3.8, 4) is 0 Å². The lowest BCUT2D eigenvalue weighted by atomic mass is 9.93. The van der Waals surface area contributed by atoms with Crippen LogP contribution >= 0.6 is 0 Å². The summed E-state index contributed by atoms with van der Waals surface area (Å²) in [6, 6.07) is 10.0. The summed E-state index contributed by atoms with van der Waals surface area (Å²) in [5.74, 6) is 0.532. The molecule has 0 unspecified atom stereocenters. The van der Waals surface area contributed by atoms with Gasteiger partial charge in [0, 0.05) is 25.2 Å². The zero-order valence-corrected chi connectivity index (χ0v) is 16.8. The van der Waals surface area contributed by atoms with Gasteiger partial charge in [0.2, 0.25) is 5.91 Å². The van der Waals surface area contributed by atoms with Gasteiger partial charge in [-0.3, -0.25) is 14.6 Å². The van der Waals surface area contributed by atoms with Crippen molar-refractivity contribution in [3.05, 3.63) is 35.4 Å². The highest BCUT2D eigenvalue weighted by Gasteiger charge is 2.33. The maximum absolute atomic E-state index is 12.4. The Balaban J connectivity index is 1.26. The summed E-state index contributed by atoms with van der Waals surface area (Å²) < 4.78 is 0. The maximum atomic E-state index is 12.4. The molecule has 0 spiro atoms. The lowest BCUT2D eigenvalue weighted by Crippen LogP contribution is -2.50. The van der Waals surface area contributed by atoms with E-state index in [1.54, 1.807) is 0 Å². The molecule has 27 heavy (non-hydrogen) atoms. The molecule has 2 heterocycles. The van der Waals surface area contributed by atoms with Gasteiger partial charge in [0.1, 0.15) is 0 Å². The first-order valence-corrected chi connectivity index (χ1v) is 11.1. The van der Waals surface area contributed by atoms with Crippen molar-refractivity contribution < 1.29 is 4.79 Å². The smallest absolute Gasteiger partial charge is 0.224 e. The molecule has 3 fully saturated rings. The molecule has 2 aliphatic heterocycles. The summed E-state index contributed by atoms with van der Waals surface area (Å²) in [6.45, 7) is 7.84. The highest BCUT2D eigenvalue weighted by molar-refractivity contribution is 5.79. The lowest BCUT2D eigenvalue weighted by Gasteiger charge is -2.42. The van der Waals surface area contributed by atoms with Gasteiger partial charge in [0.25, 0.3) is 0 Å². The van der Waals surface area contributed by atoms with Crippen LogP contribution in [0.1, 0.15) is 56.6 Å². The van der Waals surface area contributed by atoms with Crippen LogP contribution in [0.3, 0.4) is 0 Å². The van der Waals surface area contributed by atoms with E-state index < -0.39 is 0 Å². The number of aryl methyl sites for hydroxylation is 1. The van der Waals surface area contributed by atoms with Crippen molar-refractivity contribution in [2.24, 2.45) is 5.92 Å². The standard InChI is InChI=1S/C23H35N3O/c1-2-18-6-3-4-7-19(18)16-25-14-11-22(12-15-25)26-13-5-8-20(17-26)23(27)24-21-9-10-21/h3-4,6-7,20-22H,2,5,8-17H2,1H3,(H,24,27)/t20-/m0/s1. The molecule has 2 saturated heterocycles. The van der Waals surface area contributed by atoms with Crippen molar-refractivity contribution >= 4 is 5.91 Å². The molecule has 4 nitrogen and oxygen atoms in total. The SMILES string of the molecule is CCc1ccccc1CN1CCC(N2CCC[C@H](C(=O)NC3CC3)C2)CC1. The van der Waals surface area contributed by atoms with Gasteiger partial charge in [-0.05, 0) is 75.7 Å². The highest BCUT2D eigenvalue weighted by atomic mass is 16.2. The summed E-state index contributed by atoms with van der Waals surface area (Å²) >= 11 is 0. The second-order valence-electron chi connectivity index (χ2n) is 8.75. The third-order valence-corrected chi connectivity index (χ3v) is 6.71. The molecule has 148 valence electrons. The molecular formula is C23H35N3O. The van der Waals surface area contributed by atoms with E-state index in [2.05, 4.69) is 46.3 Å². The van der Waals surface area contributed by atoms with Crippen molar-refractivity contribution in [2.45, 2.75) is 70.5 Å². The maximum Gasteiger partial charge on any atom is 0.224 e. The van der Waals surface area contributed by atoms with Crippen molar-refractivity contribution in [3.63, 3.8) is 0 Å². The molecule has 0 radical (unpaired) electrons. The van der Waals surface area contributed by atoms with E-state index in [-0.39, 0.29) is 5.92 Å². The summed E-state index contributed by atoms with van der Waals surface area (Å²) in [5.41, 5.74) is 2.98. The molecule has 1 aromatic carbocycles. The minimum Gasteiger partial charge on any atom is -0.353 e. The number of piperidine rings is 2. The van der Waals surface area contributed by atoms with E-state index in [0.29, 0.717) is 18.0 Å². The van der Waals surface area contributed by atoms with Crippen LogP contribution in [0.15, 0.2) is 24.3 Å². The van der Waals surface area contributed by atoms with Gasteiger partial charge in [-0.2, -0.15) is 0 Å². The predicted octanol–water partition coefficient (Wildman–Crippen LogP) is 3.20. The number of nitrogens with one attached hydrogen (secondary N) is 1. The average molecular weight is 370 g/mol. The van der Waals surface area contributed by atoms with Crippen LogP contribution in [0.5, 0.6) is 0 Å². The number of likely N-dealkylation sites (tertiary alicyclic amines) is 2. The number of hydrogen-bond donors (Lipinski definition) is 1. The molecule has 1 amide bonds. The fourth-order valence-corrected chi connectivity index (χ4v) is 4.84. The topological polar surface area (TPSA) is 35.6 Å². The monoisotopic (exact) mass is 369 g/mol. The van der Waals surface area contributed by atoms with Crippen LogP contribution in [0.2, 0.25) is 0 Å². The summed E-state index contributed by atoms with van der Waals surface area (Å²) in [6.07, 6.45) is 8.21. The molecule has 1 saturated carbocycles. The van der Waals surface area contributed by atoms with Crippen molar-refractivity contribution in [2.75, 3.05) is 26.2 Å². The fraction of sp³-hybridized carbons (Fsp3) is 0.696. The van der Waals surface area contributed by atoms with Gasteiger partial charge in [-0.15, -0.1) is 0 Å². The molecule has 3 aliphatic rings. The van der Waals surface area contributed by atoms with Crippen molar-refractivity contribution in [1.29, 1.82) is 0 Å². The minimum atomic E-state index is 0.216. The second-order valence-corrected chi connectivity index (χ2v) is 8.75. The Hall–Kier alpha value is -1.39. The molecule has 1 N–H and O–H groups in total. The normalized spacial score (nSPS) is 25.4. The van der Waals surface area contributed by atoms with E-state index in [9.17, 15) is 4.79 Å². The van der Waals surface area contributed by atoms with Crippen LogP contribution in [0, 0.1) is 5.92 Å². The first-order chi connectivity index (χ1) is 13.2. The largest absolute Gasteiger partial charge is 0.353 e. The Morgan fingerprint density at radius 1 is 1.04 bits per heavy atom. The van der Waals surface area contributed by atoms with Gasteiger partial charge in [-0.1, -0.05) is 31.2 Å². The Kier molecular flexibility index (Phi) is 6.14. The highest BCUT2D eigenvalue weighted by Crippen LogP contribution is 2.26. The van der Waals surface area contributed by atoms with Crippen LogP contribution in [-0.4, -0.2) is 54.0 Å². The molecule has 1 aliphatic carbocycles. The quantitative estimate of drug-likeness (QED) is 0.836. The lowest BCUT2D eigenvalue weighted by molar-refractivity contribution is -0.127. The van der Waals surface area contributed by atoms with Gasteiger partial charge in [-0.25, -0.2) is 0 Å². The van der Waals surface area contributed by atoms with E-state index >= 15 is 0 Å². The summed E-state index contributed by atoms with van der Waals surface area (Å²) in [7, 11) is 0. The third-order valence-electron chi connectivity index (χ3n) is 6.71. The van der Waals surface area contributed by atoms with E-state index in [1.807, 2.05) is 0 Å². The molecule has 0 aromatic heterocycles. The van der Waals surface area contributed by atoms with Crippen LogP contribution in [0.4, 0.5) is 0 Å². The average Bonchev–Trinajstić information content (AvgIpc) is 3.53. The fourth-order valence-electron chi connectivity index (χ4n) is 4.84. The number of nitrogens with zero attached hydrogens (tertiary/aromatic N) is 2. The Labute approximate surface area is 164 Å². The number of rotatable bonds is 6. The molecule has 4 rings (SSSR count).